The van der Waals surface area contributed by atoms with Crippen molar-refractivity contribution in [2.45, 2.75) is 19.4 Å². The molecule has 0 heterocycles. The summed E-state index contributed by atoms with van der Waals surface area (Å²) in [5.74, 6) is -1.11. The van der Waals surface area contributed by atoms with Crippen LogP contribution < -0.4 is 10.6 Å². The minimum absolute atomic E-state index is 0.0225. The summed E-state index contributed by atoms with van der Waals surface area (Å²) < 4.78 is 5.49. The van der Waals surface area contributed by atoms with Gasteiger partial charge in [-0.1, -0.05) is 13.0 Å². The second kappa shape index (κ2) is 7.86. The Morgan fingerprint density at radius 3 is 2.70 bits per heavy atom. The van der Waals surface area contributed by atoms with Crippen molar-refractivity contribution < 1.29 is 19.4 Å². The molecule has 0 fully saturated rings. The molecule has 1 unspecified atom stereocenters. The lowest BCUT2D eigenvalue weighted by Gasteiger charge is -2.17. The highest BCUT2D eigenvalue weighted by Crippen LogP contribution is 2.26. The molecule has 0 aliphatic rings. The van der Waals surface area contributed by atoms with E-state index in [0.717, 1.165) is 0 Å². The van der Waals surface area contributed by atoms with Crippen LogP contribution in [0.2, 0.25) is 0 Å². The van der Waals surface area contributed by atoms with Gasteiger partial charge in [0.15, 0.2) is 0 Å². The zero-order valence-electron chi connectivity index (χ0n) is 11.3. The Balaban J connectivity index is 2.82. The van der Waals surface area contributed by atoms with Gasteiger partial charge in [0, 0.05) is 11.6 Å². The molecule has 2 amide bonds. The van der Waals surface area contributed by atoms with E-state index in [1.165, 1.54) is 6.07 Å². The highest BCUT2D eigenvalue weighted by atomic mass is 79.9. The summed E-state index contributed by atoms with van der Waals surface area (Å²) >= 11 is 3.23. The van der Waals surface area contributed by atoms with Crippen molar-refractivity contribution >= 4 is 33.6 Å². The molecule has 7 heteroatoms. The first kappa shape index (κ1) is 16.5. The van der Waals surface area contributed by atoms with Crippen molar-refractivity contribution in [3.63, 3.8) is 0 Å². The summed E-state index contributed by atoms with van der Waals surface area (Å²) in [6.45, 7) is 2.32. The molecule has 0 saturated heterocycles. The second-order valence-electron chi connectivity index (χ2n) is 4.13. The predicted octanol–water partition coefficient (Wildman–Crippen LogP) is 2.69. The molecule has 0 bridgehead atoms. The lowest BCUT2D eigenvalue weighted by molar-refractivity contribution is 0.0698. The maximum absolute atomic E-state index is 11.9. The maximum Gasteiger partial charge on any atom is 0.337 e. The van der Waals surface area contributed by atoms with Crippen LogP contribution in [0.3, 0.4) is 0 Å². The SMILES string of the molecule is CCC(COC)NC(=O)Nc1c(Br)cccc1C(=O)O. The number of hydrogen-bond acceptors (Lipinski definition) is 3. The molecular formula is C13H17BrN2O4. The van der Waals surface area contributed by atoms with Crippen LogP contribution in [-0.4, -0.2) is 36.9 Å². The van der Waals surface area contributed by atoms with Crippen molar-refractivity contribution in [2.75, 3.05) is 19.0 Å². The summed E-state index contributed by atoms with van der Waals surface area (Å²) in [4.78, 5) is 23.0. The lowest BCUT2D eigenvalue weighted by Crippen LogP contribution is -2.40. The molecule has 0 spiro atoms. The molecule has 1 rings (SSSR count). The molecule has 1 aromatic rings. The number of hydrogen-bond donors (Lipinski definition) is 3. The number of carboxylic acids is 1. The number of halogens is 1. The van der Waals surface area contributed by atoms with E-state index < -0.39 is 12.0 Å². The van der Waals surface area contributed by atoms with Gasteiger partial charge >= 0.3 is 12.0 Å². The third-order valence-electron chi connectivity index (χ3n) is 2.68. The number of urea groups is 1. The van der Waals surface area contributed by atoms with Gasteiger partial charge in [-0.2, -0.15) is 0 Å². The fourth-order valence-corrected chi connectivity index (χ4v) is 2.09. The number of methoxy groups -OCH3 is 1. The van der Waals surface area contributed by atoms with E-state index >= 15 is 0 Å². The average molecular weight is 345 g/mol. The Labute approximate surface area is 125 Å². The minimum atomic E-state index is -1.11. The number of carbonyl (C=O) groups is 2. The summed E-state index contributed by atoms with van der Waals surface area (Å²) in [5, 5.41) is 14.4. The van der Waals surface area contributed by atoms with Gasteiger partial charge in [-0.05, 0) is 34.5 Å². The average Bonchev–Trinajstić information content (AvgIpc) is 2.40. The number of carbonyl (C=O) groups excluding carboxylic acids is 1. The van der Waals surface area contributed by atoms with E-state index in [2.05, 4.69) is 26.6 Å². The first-order valence-electron chi connectivity index (χ1n) is 6.07. The van der Waals surface area contributed by atoms with E-state index in [4.69, 9.17) is 9.84 Å². The van der Waals surface area contributed by atoms with Gasteiger partial charge in [-0.25, -0.2) is 9.59 Å². The van der Waals surface area contributed by atoms with Crippen molar-refractivity contribution in [1.82, 2.24) is 5.32 Å². The molecule has 20 heavy (non-hydrogen) atoms. The van der Waals surface area contributed by atoms with Crippen LogP contribution in [0.15, 0.2) is 22.7 Å². The minimum Gasteiger partial charge on any atom is -0.478 e. The molecule has 3 N–H and O–H groups in total. The van der Waals surface area contributed by atoms with Crippen molar-refractivity contribution in [2.24, 2.45) is 0 Å². The topological polar surface area (TPSA) is 87.7 Å². The summed E-state index contributed by atoms with van der Waals surface area (Å²) in [7, 11) is 1.55. The largest absolute Gasteiger partial charge is 0.478 e. The number of anilines is 1. The first-order chi connectivity index (χ1) is 9.49. The number of para-hydroxylation sites is 1. The molecular weight excluding hydrogens is 328 g/mol. The third-order valence-corrected chi connectivity index (χ3v) is 3.34. The van der Waals surface area contributed by atoms with Crippen LogP contribution in [0.1, 0.15) is 23.7 Å². The molecule has 0 saturated carbocycles. The Morgan fingerprint density at radius 2 is 2.15 bits per heavy atom. The molecule has 110 valence electrons. The second-order valence-corrected chi connectivity index (χ2v) is 4.98. The summed E-state index contributed by atoms with van der Waals surface area (Å²) in [5.41, 5.74) is 0.249. The normalized spacial score (nSPS) is 11.8. The fraction of sp³-hybridized carbons (Fsp3) is 0.385. The fourth-order valence-electron chi connectivity index (χ4n) is 1.63. The standard InChI is InChI=1S/C13H17BrN2O4/c1-3-8(7-20-2)15-13(19)16-11-9(12(17)18)5-4-6-10(11)14/h4-6,8H,3,7H2,1-2H3,(H,17,18)(H2,15,16,19). The number of carboxylic acid groups (broad SMARTS) is 1. The predicted molar refractivity (Wildman–Crippen MR) is 79.2 cm³/mol. The Bertz CT molecular complexity index is 493. The summed E-state index contributed by atoms with van der Waals surface area (Å²) in [6, 6.07) is 4.08. The smallest absolute Gasteiger partial charge is 0.337 e. The van der Waals surface area contributed by atoms with E-state index in [9.17, 15) is 9.59 Å². The van der Waals surface area contributed by atoms with Crippen LogP contribution in [0.25, 0.3) is 0 Å². The van der Waals surface area contributed by atoms with Gasteiger partial charge in [0.2, 0.25) is 0 Å². The number of ether oxygens (including phenoxy) is 1. The Hall–Kier alpha value is -1.60. The van der Waals surface area contributed by atoms with Gasteiger partial charge in [0.25, 0.3) is 0 Å². The van der Waals surface area contributed by atoms with E-state index in [1.54, 1.807) is 19.2 Å². The van der Waals surface area contributed by atoms with E-state index in [-0.39, 0.29) is 17.3 Å². The van der Waals surface area contributed by atoms with Crippen molar-refractivity contribution in [3.8, 4) is 0 Å². The van der Waals surface area contributed by atoms with Gasteiger partial charge < -0.3 is 20.5 Å². The van der Waals surface area contributed by atoms with Gasteiger partial charge in [-0.15, -0.1) is 0 Å². The molecule has 1 aromatic carbocycles. The number of rotatable bonds is 6. The lowest BCUT2D eigenvalue weighted by atomic mass is 10.2. The number of benzene rings is 1. The van der Waals surface area contributed by atoms with Crippen LogP contribution in [0.4, 0.5) is 10.5 Å². The molecule has 0 radical (unpaired) electrons. The monoisotopic (exact) mass is 344 g/mol. The van der Waals surface area contributed by atoms with Crippen LogP contribution in [0, 0.1) is 0 Å². The highest BCUT2D eigenvalue weighted by Gasteiger charge is 2.16. The van der Waals surface area contributed by atoms with Crippen LogP contribution in [0.5, 0.6) is 0 Å². The maximum atomic E-state index is 11.9. The van der Waals surface area contributed by atoms with Crippen LogP contribution >= 0.6 is 15.9 Å². The van der Waals surface area contributed by atoms with Crippen molar-refractivity contribution in [1.29, 1.82) is 0 Å². The van der Waals surface area contributed by atoms with Crippen LogP contribution in [-0.2, 0) is 4.74 Å². The van der Waals surface area contributed by atoms with Gasteiger partial charge in [0.05, 0.1) is 23.9 Å². The third kappa shape index (κ3) is 4.50. The van der Waals surface area contributed by atoms with Crippen molar-refractivity contribution in [3.05, 3.63) is 28.2 Å². The van der Waals surface area contributed by atoms with Gasteiger partial charge in [0.1, 0.15) is 0 Å². The zero-order chi connectivity index (χ0) is 15.1. The first-order valence-corrected chi connectivity index (χ1v) is 6.87. The molecule has 0 aliphatic heterocycles. The highest BCUT2D eigenvalue weighted by molar-refractivity contribution is 9.10. The number of nitrogens with one attached hydrogen (secondary N) is 2. The van der Waals surface area contributed by atoms with E-state index in [0.29, 0.717) is 17.5 Å². The number of amides is 2. The van der Waals surface area contributed by atoms with E-state index in [1.807, 2.05) is 6.92 Å². The number of aromatic carboxylic acids is 1. The summed E-state index contributed by atoms with van der Waals surface area (Å²) in [6.07, 6.45) is 0.711. The molecule has 1 atom stereocenters. The molecule has 0 aromatic heterocycles. The Kier molecular flexibility index (Phi) is 6.47. The zero-order valence-corrected chi connectivity index (χ0v) is 12.9. The quantitative estimate of drug-likeness (QED) is 0.740. The Morgan fingerprint density at radius 1 is 1.45 bits per heavy atom. The molecule has 6 nitrogen and oxygen atoms in total. The van der Waals surface area contributed by atoms with Gasteiger partial charge in [-0.3, -0.25) is 0 Å². The molecule has 0 aliphatic carbocycles.